The number of hydrogen-bond acceptors (Lipinski definition) is 5. The van der Waals surface area contributed by atoms with Crippen molar-refractivity contribution < 1.29 is 0 Å². The zero-order valence-electron chi connectivity index (χ0n) is 10.1. The van der Waals surface area contributed by atoms with Crippen molar-refractivity contribution in [3.63, 3.8) is 0 Å². The molecule has 0 bridgehead atoms. The quantitative estimate of drug-likeness (QED) is 0.848. The van der Waals surface area contributed by atoms with Crippen molar-refractivity contribution >= 4 is 5.82 Å². The van der Waals surface area contributed by atoms with Crippen molar-refractivity contribution in [2.45, 2.75) is 0 Å². The molecule has 0 atom stereocenters. The predicted octanol–water partition coefficient (Wildman–Crippen LogP) is 0.948. The highest BCUT2D eigenvalue weighted by atomic mass is 15.2. The first-order valence-corrected chi connectivity index (χ1v) is 6.11. The average Bonchev–Trinajstić information content (AvgIpc) is 2.49. The lowest BCUT2D eigenvalue weighted by molar-refractivity contribution is 0.585. The predicted molar refractivity (Wildman–Crippen MR) is 70.3 cm³/mol. The average molecular weight is 241 g/mol. The minimum absolute atomic E-state index is 0.984. The monoisotopic (exact) mass is 241 g/mol. The highest BCUT2D eigenvalue weighted by Crippen LogP contribution is 2.27. The Bertz CT molecular complexity index is 508. The van der Waals surface area contributed by atoms with Gasteiger partial charge in [0.15, 0.2) is 0 Å². The fourth-order valence-electron chi connectivity index (χ4n) is 2.19. The second kappa shape index (κ2) is 5.10. The molecule has 0 amide bonds. The van der Waals surface area contributed by atoms with E-state index < -0.39 is 0 Å². The maximum atomic E-state index is 4.52. The molecule has 1 saturated heterocycles. The van der Waals surface area contributed by atoms with Gasteiger partial charge >= 0.3 is 0 Å². The van der Waals surface area contributed by atoms with Gasteiger partial charge in [0.2, 0.25) is 0 Å². The Labute approximate surface area is 106 Å². The summed E-state index contributed by atoms with van der Waals surface area (Å²) in [5, 5.41) is 3.35. The number of nitrogens with one attached hydrogen (secondary N) is 1. The first-order chi connectivity index (χ1) is 8.95. The van der Waals surface area contributed by atoms with Gasteiger partial charge in [-0.25, -0.2) is 15.0 Å². The van der Waals surface area contributed by atoms with Gasteiger partial charge in [0.25, 0.3) is 0 Å². The molecular weight excluding hydrogens is 226 g/mol. The highest BCUT2D eigenvalue weighted by Gasteiger charge is 2.16. The van der Waals surface area contributed by atoms with Crippen LogP contribution in [0.5, 0.6) is 0 Å². The summed E-state index contributed by atoms with van der Waals surface area (Å²) in [7, 11) is 0. The van der Waals surface area contributed by atoms with Gasteiger partial charge in [-0.15, -0.1) is 0 Å². The maximum Gasteiger partial charge on any atom is 0.136 e. The second-order valence-corrected chi connectivity index (χ2v) is 4.24. The Morgan fingerprint density at radius 2 is 1.89 bits per heavy atom. The Balaban J connectivity index is 1.99. The maximum absolute atomic E-state index is 4.52. The number of hydrogen-bond donors (Lipinski definition) is 1. The van der Waals surface area contributed by atoms with Crippen LogP contribution in [-0.2, 0) is 0 Å². The van der Waals surface area contributed by atoms with Crippen LogP contribution < -0.4 is 10.2 Å². The molecule has 3 heterocycles. The molecule has 2 aromatic heterocycles. The molecular formula is C13H15N5. The Morgan fingerprint density at radius 3 is 2.67 bits per heavy atom. The van der Waals surface area contributed by atoms with Gasteiger partial charge in [-0.2, -0.15) is 0 Å². The fraction of sp³-hybridized carbons (Fsp3) is 0.308. The highest BCUT2D eigenvalue weighted by molar-refractivity contribution is 5.74. The Kier molecular flexibility index (Phi) is 3.14. The van der Waals surface area contributed by atoms with E-state index in [1.165, 1.54) is 0 Å². The number of piperazine rings is 1. The molecule has 0 aliphatic carbocycles. The molecule has 0 saturated carbocycles. The summed E-state index contributed by atoms with van der Waals surface area (Å²) < 4.78 is 0. The van der Waals surface area contributed by atoms with Crippen molar-refractivity contribution in [1.29, 1.82) is 0 Å². The molecule has 92 valence electrons. The van der Waals surface area contributed by atoms with E-state index in [0.717, 1.165) is 43.1 Å². The lowest BCUT2D eigenvalue weighted by Gasteiger charge is -2.29. The molecule has 1 aliphatic heterocycles. The Hall–Kier alpha value is -2.01. The summed E-state index contributed by atoms with van der Waals surface area (Å²) in [6.07, 6.45) is 7.04. The summed E-state index contributed by atoms with van der Waals surface area (Å²) in [6.45, 7) is 3.97. The van der Waals surface area contributed by atoms with Crippen molar-refractivity contribution in [3.05, 3.63) is 37.1 Å². The number of rotatable bonds is 2. The number of aromatic nitrogens is 3. The molecule has 0 radical (unpaired) electrons. The topological polar surface area (TPSA) is 53.9 Å². The van der Waals surface area contributed by atoms with Crippen LogP contribution in [0.2, 0.25) is 0 Å². The third-order valence-corrected chi connectivity index (χ3v) is 3.07. The van der Waals surface area contributed by atoms with Crippen LogP contribution in [0.3, 0.4) is 0 Å². The van der Waals surface area contributed by atoms with Crippen LogP contribution in [-0.4, -0.2) is 41.1 Å². The molecule has 0 spiro atoms. The minimum Gasteiger partial charge on any atom is -0.354 e. The van der Waals surface area contributed by atoms with Crippen molar-refractivity contribution in [2.24, 2.45) is 0 Å². The van der Waals surface area contributed by atoms with E-state index in [4.69, 9.17) is 0 Å². The van der Waals surface area contributed by atoms with Crippen LogP contribution in [0.15, 0.2) is 37.1 Å². The number of anilines is 1. The molecule has 1 fully saturated rings. The van der Waals surface area contributed by atoms with E-state index in [2.05, 4.69) is 31.2 Å². The third-order valence-electron chi connectivity index (χ3n) is 3.07. The van der Waals surface area contributed by atoms with Gasteiger partial charge in [-0.05, 0) is 12.1 Å². The van der Waals surface area contributed by atoms with E-state index in [0.29, 0.717) is 0 Å². The number of pyridine rings is 1. The van der Waals surface area contributed by atoms with Gasteiger partial charge in [-0.3, -0.25) is 0 Å². The van der Waals surface area contributed by atoms with E-state index in [1.54, 1.807) is 6.33 Å². The summed E-state index contributed by atoms with van der Waals surface area (Å²) in [5.74, 6) is 1.02. The van der Waals surface area contributed by atoms with E-state index in [1.807, 2.05) is 24.7 Å². The molecule has 3 rings (SSSR count). The van der Waals surface area contributed by atoms with Crippen LogP contribution in [0.1, 0.15) is 0 Å². The normalized spacial score (nSPS) is 15.7. The van der Waals surface area contributed by atoms with Crippen LogP contribution in [0.25, 0.3) is 11.1 Å². The largest absolute Gasteiger partial charge is 0.354 e. The van der Waals surface area contributed by atoms with E-state index in [-0.39, 0.29) is 0 Å². The molecule has 18 heavy (non-hydrogen) atoms. The SMILES string of the molecule is c1cnc(N2CCNCC2)c(-c2cncnc2)c1. The van der Waals surface area contributed by atoms with Crippen molar-refractivity contribution in [2.75, 3.05) is 31.1 Å². The molecule has 0 aromatic carbocycles. The van der Waals surface area contributed by atoms with E-state index in [9.17, 15) is 0 Å². The summed E-state index contributed by atoms with van der Waals surface area (Å²) in [5.41, 5.74) is 2.11. The molecule has 5 nitrogen and oxygen atoms in total. The lowest BCUT2D eigenvalue weighted by atomic mass is 10.1. The van der Waals surface area contributed by atoms with Gasteiger partial charge in [0.05, 0.1) is 0 Å². The van der Waals surface area contributed by atoms with Crippen LogP contribution in [0.4, 0.5) is 5.82 Å². The molecule has 5 heteroatoms. The smallest absolute Gasteiger partial charge is 0.136 e. The van der Waals surface area contributed by atoms with Gasteiger partial charge in [-0.1, -0.05) is 0 Å². The standard InChI is InChI=1S/C13H15N5/c1-2-12(11-8-15-10-16-9-11)13(17-3-1)18-6-4-14-5-7-18/h1-3,8-10,14H,4-7H2. The van der Waals surface area contributed by atoms with E-state index >= 15 is 0 Å². The lowest BCUT2D eigenvalue weighted by Crippen LogP contribution is -2.44. The van der Waals surface area contributed by atoms with Gasteiger partial charge in [0.1, 0.15) is 12.1 Å². The fourth-order valence-corrected chi connectivity index (χ4v) is 2.19. The first-order valence-electron chi connectivity index (χ1n) is 6.11. The Morgan fingerprint density at radius 1 is 1.11 bits per heavy atom. The van der Waals surface area contributed by atoms with Crippen molar-refractivity contribution in [3.8, 4) is 11.1 Å². The zero-order chi connectivity index (χ0) is 12.2. The van der Waals surface area contributed by atoms with Crippen molar-refractivity contribution in [1.82, 2.24) is 20.3 Å². The van der Waals surface area contributed by atoms with Crippen LogP contribution >= 0.6 is 0 Å². The molecule has 1 aliphatic rings. The summed E-state index contributed by atoms with van der Waals surface area (Å²) >= 11 is 0. The molecule has 2 aromatic rings. The first kappa shape index (κ1) is 11.1. The summed E-state index contributed by atoms with van der Waals surface area (Å²) in [6, 6.07) is 4.02. The van der Waals surface area contributed by atoms with Gasteiger partial charge < -0.3 is 10.2 Å². The summed E-state index contributed by atoms with van der Waals surface area (Å²) in [4.78, 5) is 15.0. The number of nitrogens with zero attached hydrogens (tertiary/aromatic N) is 4. The van der Waals surface area contributed by atoms with Crippen LogP contribution in [0, 0.1) is 0 Å². The third kappa shape index (κ3) is 2.17. The van der Waals surface area contributed by atoms with Gasteiger partial charge in [0, 0.05) is 55.9 Å². The second-order valence-electron chi connectivity index (χ2n) is 4.24. The zero-order valence-corrected chi connectivity index (χ0v) is 10.1. The molecule has 1 N–H and O–H groups in total. The minimum atomic E-state index is 0.984. The molecule has 0 unspecified atom stereocenters.